The Morgan fingerprint density at radius 1 is 1.17 bits per heavy atom. The highest BCUT2D eigenvalue weighted by Crippen LogP contribution is 2.19. The molecule has 0 bridgehead atoms. The Morgan fingerprint density at radius 3 is 2.56 bits per heavy atom. The molecule has 0 saturated carbocycles. The number of aldehydes is 1. The maximum atomic E-state index is 12.9. The van der Waals surface area contributed by atoms with E-state index in [0.717, 1.165) is 15.2 Å². The van der Waals surface area contributed by atoms with Gasteiger partial charge in [-0.1, -0.05) is 12.1 Å². The molecule has 0 N–H and O–H groups in total. The van der Waals surface area contributed by atoms with E-state index in [4.69, 9.17) is 4.74 Å². The third-order valence-corrected chi connectivity index (χ3v) is 3.13. The molecule has 2 rings (SSSR count). The lowest BCUT2D eigenvalue weighted by molar-refractivity contribution is 0.111. The van der Waals surface area contributed by atoms with E-state index in [0.29, 0.717) is 18.6 Å². The SMILES string of the molecule is O=Cc1cc(F)ccc1OCc1ccc(I)cc1. The van der Waals surface area contributed by atoms with Gasteiger partial charge in [-0.25, -0.2) is 4.39 Å². The molecule has 0 heterocycles. The number of halogens is 2. The van der Waals surface area contributed by atoms with Gasteiger partial charge in [0, 0.05) is 3.57 Å². The number of hydrogen-bond donors (Lipinski definition) is 0. The van der Waals surface area contributed by atoms with Gasteiger partial charge in [0.1, 0.15) is 18.2 Å². The first kappa shape index (κ1) is 13.0. The molecule has 92 valence electrons. The molecule has 2 aromatic carbocycles. The van der Waals surface area contributed by atoms with E-state index in [2.05, 4.69) is 22.6 Å². The number of hydrogen-bond acceptors (Lipinski definition) is 2. The predicted molar refractivity (Wildman–Crippen MR) is 75.3 cm³/mol. The van der Waals surface area contributed by atoms with Gasteiger partial charge >= 0.3 is 0 Å². The summed E-state index contributed by atoms with van der Waals surface area (Å²) in [4.78, 5) is 10.8. The molecule has 0 radical (unpaired) electrons. The number of benzene rings is 2. The Balaban J connectivity index is 2.10. The second-order valence-electron chi connectivity index (χ2n) is 3.72. The summed E-state index contributed by atoms with van der Waals surface area (Å²) in [7, 11) is 0. The van der Waals surface area contributed by atoms with E-state index in [1.807, 2.05) is 24.3 Å². The van der Waals surface area contributed by atoms with Crippen LogP contribution in [0.5, 0.6) is 5.75 Å². The zero-order valence-corrected chi connectivity index (χ0v) is 11.6. The van der Waals surface area contributed by atoms with Crippen LogP contribution in [0.1, 0.15) is 15.9 Å². The molecule has 0 aliphatic carbocycles. The normalized spacial score (nSPS) is 10.1. The molecule has 18 heavy (non-hydrogen) atoms. The summed E-state index contributed by atoms with van der Waals surface area (Å²) in [6.07, 6.45) is 0.590. The Morgan fingerprint density at radius 2 is 1.89 bits per heavy atom. The van der Waals surface area contributed by atoms with Crippen molar-refractivity contribution in [2.45, 2.75) is 6.61 Å². The highest BCUT2D eigenvalue weighted by molar-refractivity contribution is 14.1. The third kappa shape index (κ3) is 3.29. The number of rotatable bonds is 4. The Bertz CT molecular complexity index is 552. The first-order valence-electron chi connectivity index (χ1n) is 5.31. The zero-order chi connectivity index (χ0) is 13.0. The van der Waals surface area contributed by atoms with E-state index in [-0.39, 0.29) is 5.56 Å². The quantitative estimate of drug-likeness (QED) is 0.615. The van der Waals surface area contributed by atoms with Crippen molar-refractivity contribution in [2.24, 2.45) is 0 Å². The van der Waals surface area contributed by atoms with Crippen molar-refractivity contribution in [2.75, 3.05) is 0 Å². The van der Waals surface area contributed by atoms with Crippen molar-refractivity contribution in [3.63, 3.8) is 0 Å². The van der Waals surface area contributed by atoms with E-state index < -0.39 is 5.82 Å². The van der Waals surface area contributed by atoms with Crippen LogP contribution in [-0.2, 0) is 6.61 Å². The van der Waals surface area contributed by atoms with Crippen molar-refractivity contribution in [1.29, 1.82) is 0 Å². The van der Waals surface area contributed by atoms with Crippen LogP contribution in [0.3, 0.4) is 0 Å². The van der Waals surface area contributed by atoms with Crippen molar-refractivity contribution in [3.05, 3.63) is 63.0 Å². The van der Waals surface area contributed by atoms with Crippen LogP contribution in [0.4, 0.5) is 4.39 Å². The fourth-order valence-electron chi connectivity index (χ4n) is 1.48. The molecule has 2 nitrogen and oxygen atoms in total. The number of carbonyl (C=O) groups is 1. The van der Waals surface area contributed by atoms with Gasteiger partial charge in [0.2, 0.25) is 0 Å². The van der Waals surface area contributed by atoms with Crippen molar-refractivity contribution < 1.29 is 13.9 Å². The van der Waals surface area contributed by atoms with Crippen molar-refractivity contribution in [1.82, 2.24) is 0 Å². The van der Waals surface area contributed by atoms with E-state index in [1.54, 1.807) is 0 Å². The van der Waals surface area contributed by atoms with Gasteiger partial charge in [-0.15, -0.1) is 0 Å². The van der Waals surface area contributed by atoms with Crippen LogP contribution in [0.15, 0.2) is 42.5 Å². The van der Waals surface area contributed by atoms with Gasteiger partial charge in [-0.2, -0.15) is 0 Å². The highest BCUT2D eigenvalue weighted by Gasteiger charge is 2.04. The maximum Gasteiger partial charge on any atom is 0.153 e. The predicted octanol–water partition coefficient (Wildman–Crippen LogP) is 3.82. The maximum absolute atomic E-state index is 12.9. The van der Waals surface area contributed by atoms with Crippen LogP contribution >= 0.6 is 22.6 Å². The van der Waals surface area contributed by atoms with E-state index in [9.17, 15) is 9.18 Å². The van der Waals surface area contributed by atoms with Gasteiger partial charge in [-0.05, 0) is 58.5 Å². The van der Waals surface area contributed by atoms with Gasteiger partial charge < -0.3 is 4.74 Å². The van der Waals surface area contributed by atoms with Crippen molar-refractivity contribution in [3.8, 4) is 5.75 Å². The van der Waals surface area contributed by atoms with Crippen LogP contribution in [0, 0.1) is 9.39 Å². The topological polar surface area (TPSA) is 26.3 Å². The first-order valence-corrected chi connectivity index (χ1v) is 6.39. The summed E-state index contributed by atoms with van der Waals surface area (Å²) in [5.41, 5.74) is 1.22. The minimum Gasteiger partial charge on any atom is -0.488 e. The molecule has 0 aliphatic rings. The Labute approximate surface area is 118 Å². The molecular weight excluding hydrogens is 346 g/mol. The Kier molecular flexibility index (Phi) is 4.30. The lowest BCUT2D eigenvalue weighted by Gasteiger charge is -2.08. The average molecular weight is 356 g/mol. The molecule has 0 fully saturated rings. The molecule has 0 unspecified atom stereocenters. The number of ether oxygens (including phenoxy) is 1. The molecule has 0 amide bonds. The standard InChI is InChI=1S/C14H10FIO2/c15-12-3-6-14(11(7-12)8-17)18-9-10-1-4-13(16)5-2-10/h1-8H,9H2. The summed E-state index contributed by atoms with van der Waals surface area (Å²) in [6, 6.07) is 11.8. The second kappa shape index (κ2) is 5.95. The molecule has 0 aliphatic heterocycles. The van der Waals surface area contributed by atoms with Crippen LogP contribution in [0.25, 0.3) is 0 Å². The van der Waals surface area contributed by atoms with Crippen molar-refractivity contribution >= 4 is 28.9 Å². The minimum absolute atomic E-state index is 0.223. The molecule has 0 aromatic heterocycles. The molecule has 2 aromatic rings. The molecule has 4 heteroatoms. The number of carbonyl (C=O) groups excluding carboxylic acids is 1. The average Bonchev–Trinajstić information content (AvgIpc) is 2.39. The molecule has 0 saturated heterocycles. The van der Waals surface area contributed by atoms with Crippen LogP contribution in [0.2, 0.25) is 0 Å². The van der Waals surface area contributed by atoms with E-state index in [1.165, 1.54) is 12.1 Å². The minimum atomic E-state index is -0.446. The Hall–Kier alpha value is -1.43. The largest absolute Gasteiger partial charge is 0.488 e. The first-order chi connectivity index (χ1) is 8.69. The summed E-state index contributed by atoms with van der Waals surface area (Å²) in [5, 5.41) is 0. The van der Waals surface area contributed by atoms with Gasteiger partial charge in [-0.3, -0.25) is 4.79 Å². The summed E-state index contributed by atoms with van der Waals surface area (Å²) in [6.45, 7) is 0.351. The van der Waals surface area contributed by atoms with Gasteiger partial charge in [0.05, 0.1) is 5.56 Å². The smallest absolute Gasteiger partial charge is 0.153 e. The molecular formula is C14H10FIO2. The van der Waals surface area contributed by atoms with Crippen LogP contribution < -0.4 is 4.74 Å². The second-order valence-corrected chi connectivity index (χ2v) is 4.96. The lowest BCUT2D eigenvalue weighted by atomic mass is 10.2. The zero-order valence-electron chi connectivity index (χ0n) is 9.40. The molecule has 0 atom stereocenters. The highest BCUT2D eigenvalue weighted by atomic mass is 127. The summed E-state index contributed by atoms with van der Waals surface area (Å²) < 4.78 is 19.6. The summed E-state index contributed by atoms with van der Waals surface area (Å²) >= 11 is 2.22. The lowest BCUT2D eigenvalue weighted by Crippen LogP contribution is -1.98. The summed E-state index contributed by atoms with van der Waals surface area (Å²) in [5.74, 6) is -0.0522. The van der Waals surface area contributed by atoms with Gasteiger partial charge in [0.15, 0.2) is 6.29 Å². The fourth-order valence-corrected chi connectivity index (χ4v) is 1.84. The monoisotopic (exact) mass is 356 g/mol. The molecule has 0 spiro atoms. The fraction of sp³-hybridized carbons (Fsp3) is 0.0714. The van der Waals surface area contributed by atoms with E-state index >= 15 is 0 Å². The third-order valence-electron chi connectivity index (χ3n) is 2.41. The van der Waals surface area contributed by atoms with Crippen LogP contribution in [-0.4, -0.2) is 6.29 Å². The van der Waals surface area contributed by atoms with Gasteiger partial charge in [0.25, 0.3) is 0 Å².